The van der Waals surface area contributed by atoms with Crippen LogP contribution in [0.1, 0.15) is 42.1 Å². The highest BCUT2D eigenvalue weighted by atomic mass is 79.9. The largest absolute Gasteiger partial charge is 0.493 e. The van der Waals surface area contributed by atoms with E-state index in [2.05, 4.69) is 43.2 Å². The van der Waals surface area contributed by atoms with Gasteiger partial charge in [-0.25, -0.2) is 15.0 Å². The first kappa shape index (κ1) is 34.3. The lowest BCUT2D eigenvalue weighted by atomic mass is 9.95. The summed E-state index contributed by atoms with van der Waals surface area (Å²) in [7, 11) is 2.93. The van der Waals surface area contributed by atoms with Crippen LogP contribution in [0.5, 0.6) is 23.0 Å². The monoisotopic (exact) mass is 705 g/mol. The highest BCUT2D eigenvalue weighted by Crippen LogP contribution is 2.35. The summed E-state index contributed by atoms with van der Waals surface area (Å²) in [6.07, 6.45) is 1.43. The van der Waals surface area contributed by atoms with Crippen molar-refractivity contribution >= 4 is 40.1 Å². The molecule has 3 aromatic rings. The molecule has 0 aliphatic carbocycles. The van der Waals surface area contributed by atoms with Crippen molar-refractivity contribution in [3.63, 3.8) is 0 Å². The molecule has 47 heavy (non-hydrogen) atoms. The Labute approximate surface area is 279 Å². The Bertz CT molecular complexity index is 1770. The number of esters is 1. The highest BCUT2D eigenvalue weighted by molar-refractivity contribution is 9.10. The summed E-state index contributed by atoms with van der Waals surface area (Å²) < 4.78 is 28.3. The van der Waals surface area contributed by atoms with Crippen LogP contribution in [0.25, 0.3) is 0 Å². The molecule has 0 spiro atoms. The van der Waals surface area contributed by atoms with Crippen LogP contribution in [0.3, 0.4) is 0 Å². The van der Waals surface area contributed by atoms with Crippen molar-refractivity contribution in [1.82, 2.24) is 16.1 Å². The normalized spacial score (nSPS) is 14.0. The van der Waals surface area contributed by atoms with Gasteiger partial charge in [0.05, 0.1) is 50.3 Å². The van der Waals surface area contributed by atoms with Gasteiger partial charge in [-0.05, 0) is 65.7 Å². The zero-order valence-corrected chi connectivity index (χ0v) is 27.6. The van der Waals surface area contributed by atoms with Crippen molar-refractivity contribution in [1.29, 1.82) is 5.26 Å². The predicted molar refractivity (Wildman–Crippen MR) is 174 cm³/mol. The van der Waals surface area contributed by atoms with E-state index in [0.717, 1.165) is 5.56 Å². The molecule has 0 aromatic heterocycles. The van der Waals surface area contributed by atoms with Crippen LogP contribution in [-0.2, 0) is 20.9 Å². The molecular formula is C33H32BrN5O8. The molecule has 13 nitrogen and oxygen atoms in total. The van der Waals surface area contributed by atoms with E-state index < -0.39 is 23.9 Å². The van der Waals surface area contributed by atoms with Crippen molar-refractivity contribution in [2.24, 2.45) is 5.10 Å². The van der Waals surface area contributed by atoms with Gasteiger partial charge < -0.3 is 34.3 Å². The second-order valence-electron chi connectivity index (χ2n) is 9.86. The van der Waals surface area contributed by atoms with Gasteiger partial charge in [-0.3, -0.25) is 4.79 Å². The number of nitriles is 1. The molecule has 0 saturated carbocycles. The van der Waals surface area contributed by atoms with Crippen LogP contribution in [0.4, 0.5) is 4.79 Å². The smallest absolute Gasteiger partial charge is 0.338 e. The maximum absolute atomic E-state index is 12.6. The van der Waals surface area contributed by atoms with Gasteiger partial charge in [0.1, 0.15) is 6.61 Å². The van der Waals surface area contributed by atoms with Crippen LogP contribution in [0.2, 0.25) is 0 Å². The number of hydrogen-bond acceptors (Lipinski definition) is 10. The topological polar surface area (TPSA) is 170 Å². The number of hydrazone groups is 1. The number of nitrogens with one attached hydrogen (secondary N) is 3. The summed E-state index contributed by atoms with van der Waals surface area (Å²) in [5.41, 5.74) is 5.45. The third-order valence-electron chi connectivity index (χ3n) is 6.84. The summed E-state index contributed by atoms with van der Waals surface area (Å²) in [5.74, 6) is 0.314. The standard InChI is InChI=1S/C33H32BrN5O8/c1-5-45-32(41)30-19(2)37-33(42)38-31(30)20-10-11-25(26(12-20)43-3)47-18-29(40)39-36-16-23-13-27(44-4)28(14-24(23)34)46-17-22-9-7-6-8-21(22)15-35/h6-14,16,31H,5,17-18H2,1-4H3,(H,39,40)(H2,37,38,42)/b36-16-/t31-/m1/s1. The van der Waals surface area contributed by atoms with Crippen LogP contribution >= 0.6 is 15.9 Å². The molecular weight excluding hydrogens is 674 g/mol. The second kappa shape index (κ2) is 16.1. The van der Waals surface area contributed by atoms with Crippen LogP contribution in [0.15, 0.2) is 75.4 Å². The molecule has 0 saturated heterocycles. The van der Waals surface area contributed by atoms with E-state index in [1.54, 1.807) is 56.3 Å². The lowest BCUT2D eigenvalue weighted by Crippen LogP contribution is -2.45. The van der Waals surface area contributed by atoms with E-state index >= 15 is 0 Å². The number of urea groups is 1. The number of amides is 3. The van der Waals surface area contributed by atoms with Gasteiger partial charge in [-0.15, -0.1) is 0 Å². The number of methoxy groups -OCH3 is 2. The Hall–Kier alpha value is -5.55. The third-order valence-corrected chi connectivity index (χ3v) is 7.53. The second-order valence-corrected chi connectivity index (χ2v) is 10.7. The minimum Gasteiger partial charge on any atom is -0.493 e. The summed E-state index contributed by atoms with van der Waals surface area (Å²) in [6, 6.07) is 16.3. The van der Waals surface area contributed by atoms with E-state index in [1.165, 1.54) is 20.4 Å². The molecule has 0 bridgehead atoms. The number of benzene rings is 3. The van der Waals surface area contributed by atoms with Gasteiger partial charge in [0.2, 0.25) is 0 Å². The summed E-state index contributed by atoms with van der Waals surface area (Å²) in [6.45, 7) is 3.27. The minimum absolute atomic E-state index is 0.170. The molecule has 3 aromatic carbocycles. The van der Waals surface area contributed by atoms with Gasteiger partial charge in [-0.1, -0.05) is 24.3 Å². The van der Waals surface area contributed by atoms with Crippen LogP contribution in [-0.4, -0.2) is 51.6 Å². The molecule has 244 valence electrons. The Morgan fingerprint density at radius 1 is 1.04 bits per heavy atom. The fraction of sp³-hybridized carbons (Fsp3) is 0.242. The molecule has 1 aliphatic rings. The molecule has 4 rings (SSSR count). The Morgan fingerprint density at radius 2 is 1.79 bits per heavy atom. The number of ether oxygens (including phenoxy) is 5. The highest BCUT2D eigenvalue weighted by Gasteiger charge is 2.32. The van der Waals surface area contributed by atoms with Crippen molar-refractivity contribution in [2.75, 3.05) is 27.4 Å². The molecule has 3 N–H and O–H groups in total. The maximum atomic E-state index is 12.6. The molecule has 0 unspecified atom stereocenters. The van der Waals surface area contributed by atoms with Crippen molar-refractivity contribution in [3.8, 4) is 29.1 Å². The third kappa shape index (κ3) is 8.59. The number of halogens is 1. The average Bonchev–Trinajstić information content (AvgIpc) is 3.06. The maximum Gasteiger partial charge on any atom is 0.338 e. The fourth-order valence-corrected chi connectivity index (χ4v) is 5.01. The number of allylic oxidation sites excluding steroid dienone is 1. The first-order valence-corrected chi connectivity index (χ1v) is 15.0. The van der Waals surface area contributed by atoms with Crippen molar-refractivity contribution in [2.45, 2.75) is 26.5 Å². The lowest BCUT2D eigenvalue weighted by Gasteiger charge is -2.28. The number of carbonyl (C=O) groups is 3. The first-order chi connectivity index (χ1) is 22.7. The zero-order chi connectivity index (χ0) is 33.9. The average molecular weight is 707 g/mol. The molecule has 1 aliphatic heterocycles. The van der Waals surface area contributed by atoms with Gasteiger partial charge in [0.25, 0.3) is 5.91 Å². The molecule has 0 radical (unpaired) electrons. The lowest BCUT2D eigenvalue weighted by molar-refractivity contribution is -0.139. The summed E-state index contributed by atoms with van der Waals surface area (Å²) in [4.78, 5) is 37.3. The number of nitrogens with zero attached hydrogens (tertiary/aromatic N) is 2. The first-order valence-electron chi connectivity index (χ1n) is 14.2. The Balaban J connectivity index is 1.38. The number of carbonyl (C=O) groups excluding carboxylic acids is 3. The van der Waals surface area contributed by atoms with E-state index in [1.807, 2.05) is 12.1 Å². The van der Waals surface area contributed by atoms with Gasteiger partial charge in [-0.2, -0.15) is 10.4 Å². The SMILES string of the molecule is CCOC(=O)C1=C(C)NC(=O)N[C@@H]1c1ccc(OCC(=O)N/N=C\c2cc(OC)c(OCc3ccccc3C#N)cc2Br)c(OC)c1. The van der Waals surface area contributed by atoms with Gasteiger partial charge in [0, 0.05) is 21.3 Å². The molecule has 14 heteroatoms. The van der Waals surface area contributed by atoms with E-state index in [9.17, 15) is 19.6 Å². The number of rotatable bonds is 13. The van der Waals surface area contributed by atoms with Crippen LogP contribution in [0, 0.1) is 11.3 Å². The fourth-order valence-electron chi connectivity index (χ4n) is 4.59. The van der Waals surface area contributed by atoms with Crippen LogP contribution < -0.4 is 35.0 Å². The zero-order valence-electron chi connectivity index (χ0n) is 26.0. The van der Waals surface area contributed by atoms with E-state index in [4.69, 9.17) is 23.7 Å². The van der Waals surface area contributed by atoms with Crippen molar-refractivity contribution < 1.29 is 38.1 Å². The van der Waals surface area contributed by atoms with Crippen molar-refractivity contribution in [3.05, 3.63) is 92.6 Å². The quantitative estimate of drug-likeness (QED) is 0.130. The molecule has 1 heterocycles. The summed E-state index contributed by atoms with van der Waals surface area (Å²) >= 11 is 3.48. The minimum atomic E-state index is -0.790. The summed E-state index contributed by atoms with van der Waals surface area (Å²) in [5, 5.41) is 18.6. The molecule has 3 amide bonds. The predicted octanol–water partition coefficient (Wildman–Crippen LogP) is 4.64. The number of hydrogen-bond donors (Lipinski definition) is 3. The molecule has 0 fully saturated rings. The Kier molecular flexibility index (Phi) is 11.8. The van der Waals surface area contributed by atoms with E-state index in [-0.39, 0.29) is 36.9 Å². The van der Waals surface area contributed by atoms with E-state index in [0.29, 0.717) is 38.4 Å². The Morgan fingerprint density at radius 3 is 2.51 bits per heavy atom. The van der Waals surface area contributed by atoms with Gasteiger partial charge >= 0.3 is 12.0 Å². The molecule has 1 atom stereocenters. The van der Waals surface area contributed by atoms with Gasteiger partial charge in [0.15, 0.2) is 29.6 Å².